The molecular weight excluding hydrogens is 352 g/mol. The number of hydrogen-bond acceptors (Lipinski definition) is 6. The minimum absolute atomic E-state index is 0.363. The number of hydrogen-bond donors (Lipinski definition) is 0. The van der Waals surface area contributed by atoms with E-state index in [4.69, 9.17) is 9.47 Å². The third kappa shape index (κ3) is 2.62. The molecule has 0 N–H and O–H groups in total. The van der Waals surface area contributed by atoms with Crippen molar-refractivity contribution in [3.63, 3.8) is 0 Å². The highest BCUT2D eigenvalue weighted by Crippen LogP contribution is 2.30. The highest BCUT2D eigenvalue weighted by molar-refractivity contribution is 7.23. The largest absolute Gasteiger partial charge is 0.465 e. The molecule has 130 valence electrons. The highest BCUT2D eigenvalue weighted by Gasteiger charge is 2.14. The zero-order valence-electron chi connectivity index (χ0n) is 14.1. The number of methoxy groups -OCH3 is 2. The third-order valence-electron chi connectivity index (χ3n) is 4.09. The van der Waals surface area contributed by atoms with Crippen LogP contribution in [-0.2, 0) is 9.47 Å². The van der Waals surface area contributed by atoms with E-state index < -0.39 is 0 Å². The molecule has 6 nitrogen and oxygen atoms in total. The number of fused-ring (bicyclic) bond motifs is 3. The molecule has 0 saturated heterocycles. The number of nitrogens with zero attached hydrogens (tertiary/aromatic N) is 2. The lowest BCUT2D eigenvalue weighted by atomic mass is 10.1. The summed E-state index contributed by atoms with van der Waals surface area (Å²) in [7, 11) is 2.72. The first kappa shape index (κ1) is 16.3. The second kappa shape index (κ2) is 6.27. The molecule has 0 radical (unpaired) electrons. The minimum atomic E-state index is -0.381. The van der Waals surface area contributed by atoms with Gasteiger partial charge in [-0.05, 0) is 30.3 Å². The Kier molecular flexibility index (Phi) is 3.93. The van der Waals surface area contributed by atoms with Gasteiger partial charge in [-0.2, -0.15) is 0 Å². The van der Waals surface area contributed by atoms with E-state index >= 15 is 0 Å². The number of carbonyl (C=O) groups excluding carboxylic acids is 2. The molecule has 0 atom stereocenters. The topological polar surface area (TPSA) is 69.9 Å². The van der Waals surface area contributed by atoms with Crippen molar-refractivity contribution in [1.82, 2.24) is 9.38 Å². The molecule has 2 aromatic heterocycles. The summed E-state index contributed by atoms with van der Waals surface area (Å²) >= 11 is 1.49. The fraction of sp³-hybridized carbons (Fsp3) is 0.105. The highest BCUT2D eigenvalue weighted by atomic mass is 32.1. The van der Waals surface area contributed by atoms with E-state index in [1.807, 2.05) is 22.7 Å². The molecule has 0 spiro atoms. The lowest BCUT2D eigenvalue weighted by Crippen LogP contribution is -2.00. The Morgan fingerprint density at radius 3 is 2.46 bits per heavy atom. The number of thiazole rings is 1. The number of benzene rings is 2. The molecule has 4 aromatic rings. The van der Waals surface area contributed by atoms with Gasteiger partial charge < -0.3 is 9.47 Å². The molecule has 0 aliphatic heterocycles. The summed E-state index contributed by atoms with van der Waals surface area (Å²) in [5, 5.41) is 0. The molecule has 4 rings (SSSR count). The van der Waals surface area contributed by atoms with Gasteiger partial charge in [-0.1, -0.05) is 23.5 Å². The molecule has 0 aliphatic rings. The SMILES string of the molecule is COC(=O)c1cccc(-c2cn3c(n2)sc2cc(C(=O)OC)ccc23)c1. The maximum Gasteiger partial charge on any atom is 0.337 e. The van der Waals surface area contributed by atoms with Crippen molar-refractivity contribution in [1.29, 1.82) is 0 Å². The van der Waals surface area contributed by atoms with Crippen molar-refractivity contribution in [2.45, 2.75) is 0 Å². The van der Waals surface area contributed by atoms with E-state index in [-0.39, 0.29) is 11.9 Å². The van der Waals surface area contributed by atoms with Crippen LogP contribution in [0.25, 0.3) is 26.4 Å². The number of esters is 2. The summed E-state index contributed by atoms with van der Waals surface area (Å²) < 4.78 is 12.5. The van der Waals surface area contributed by atoms with Crippen LogP contribution in [0.2, 0.25) is 0 Å². The van der Waals surface area contributed by atoms with Gasteiger partial charge in [0.1, 0.15) is 0 Å². The van der Waals surface area contributed by atoms with Gasteiger partial charge >= 0.3 is 11.9 Å². The second-order valence-electron chi connectivity index (χ2n) is 5.63. The van der Waals surface area contributed by atoms with Gasteiger partial charge in [0.2, 0.25) is 0 Å². The van der Waals surface area contributed by atoms with Gasteiger partial charge in [0.25, 0.3) is 0 Å². The zero-order valence-corrected chi connectivity index (χ0v) is 14.9. The van der Waals surface area contributed by atoms with Crippen molar-refractivity contribution < 1.29 is 19.1 Å². The number of imidazole rings is 1. The van der Waals surface area contributed by atoms with Crippen molar-refractivity contribution in [3.05, 3.63) is 59.8 Å². The van der Waals surface area contributed by atoms with E-state index in [0.29, 0.717) is 11.1 Å². The molecule has 7 heteroatoms. The van der Waals surface area contributed by atoms with Crippen molar-refractivity contribution in [3.8, 4) is 11.3 Å². The summed E-state index contributed by atoms with van der Waals surface area (Å²) in [4.78, 5) is 28.9. The van der Waals surface area contributed by atoms with Crippen molar-refractivity contribution in [2.24, 2.45) is 0 Å². The molecule has 0 saturated carbocycles. The average Bonchev–Trinajstić information content (AvgIpc) is 3.24. The van der Waals surface area contributed by atoms with E-state index in [0.717, 1.165) is 26.4 Å². The number of aromatic nitrogens is 2. The Balaban J connectivity index is 1.79. The summed E-state index contributed by atoms with van der Waals surface area (Å²) in [6.45, 7) is 0. The normalized spacial score (nSPS) is 11.0. The maximum absolute atomic E-state index is 11.7. The quantitative estimate of drug-likeness (QED) is 0.516. The predicted molar refractivity (Wildman–Crippen MR) is 98.7 cm³/mol. The first-order chi connectivity index (χ1) is 12.6. The van der Waals surface area contributed by atoms with Crippen LogP contribution in [0.15, 0.2) is 48.7 Å². The van der Waals surface area contributed by atoms with Crippen LogP contribution in [0.4, 0.5) is 0 Å². The molecule has 0 fully saturated rings. The lowest BCUT2D eigenvalue weighted by Gasteiger charge is -2.01. The predicted octanol–water partition coefficient (Wildman–Crippen LogP) is 3.79. The summed E-state index contributed by atoms with van der Waals surface area (Å²) in [5.74, 6) is -0.744. The maximum atomic E-state index is 11.7. The average molecular weight is 366 g/mol. The number of carbonyl (C=O) groups is 2. The molecule has 0 amide bonds. The van der Waals surface area contributed by atoms with Crippen LogP contribution in [0.5, 0.6) is 0 Å². The Morgan fingerprint density at radius 2 is 1.73 bits per heavy atom. The van der Waals surface area contributed by atoms with Gasteiger partial charge in [0, 0.05) is 11.8 Å². The third-order valence-corrected chi connectivity index (χ3v) is 5.11. The Morgan fingerprint density at radius 1 is 1.00 bits per heavy atom. The fourth-order valence-corrected chi connectivity index (χ4v) is 3.86. The second-order valence-corrected chi connectivity index (χ2v) is 6.64. The van der Waals surface area contributed by atoms with Gasteiger partial charge in [-0.3, -0.25) is 4.40 Å². The van der Waals surface area contributed by atoms with Crippen LogP contribution >= 0.6 is 11.3 Å². The van der Waals surface area contributed by atoms with Crippen LogP contribution in [0, 0.1) is 0 Å². The molecule has 26 heavy (non-hydrogen) atoms. The first-order valence-electron chi connectivity index (χ1n) is 7.79. The van der Waals surface area contributed by atoms with Gasteiger partial charge in [0.05, 0.1) is 41.3 Å². The fourth-order valence-electron chi connectivity index (χ4n) is 2.81. The van der Waals surface area contributed by atoms with Crippen molar-refractivity contribution >= 4 is 38.5 Å². The van der Waals surface area contributed by atoms with Crippen LogP contribution in [0.1, 0.15) is 20.7 Å². The van der Waals surface area contributed by atoms with Gasteiger partial charge in [0.15, 0.2) is 4.96 Å². The van der Waals surface area contributed by atoms with Gasteiger partial charge in [-0.15, -0.1) is 0 Å². The monoisotopic (exact) mass is 366 g/mol. The van der Waals surface area contributed by atoms with Crippen molar-refractivity contribution in [2.75, 3.05) is 14.2 Å². The summed E-state index contributed by atoms with van der Waals surface area (Å²) in [5.41, 5.74) is 3.55. The van der Waals surface area contributed by atoms with Crippen LogP contribution in [-0.4, -0.2) is 35.5 Å². The van der Waals surface area contributed by atoms with Gasteiger partial charge in [-0.25, -0.2) is 14.6 Å². The molecular formula is C19H14N2O4S. The van der Waals surface area contributed by atoms with E-state index in [2.05, 4.69) is 4.98 Å². The first-order valence-corrected chi connectivity index (χ1v) is 8.61. The zero-order chi connectivity index (χ0) is 18.3. The molecule has 2 heterocycles. The molecule has 0 aliphatic carbocycles. The summed E-state index contributed by atoms with van der Waals surface area (Å²) in [6, 6.07) is 12.6. The Hall–Kier alpha value is -3.19. The van der Waals surface area contributed by atoms with E-state index in [9.17, 15) is 9.59 Å². The molecule has 2 aromatic carbocycles. The number of ether oxygens (including phenoxy) is 2. The number of rotatable bonds is 3. The Bertz CT molecular complexity index is 1160. The summed E-state index contributed by atoms with van der Waals surface area (Å²) in [6.07, 6.45) is 1.92. The lowest BCUT2D eigenvalue weighted by molar-refractivity contribution is 0.0592. The van der Waals surface area contributed by atoms with E-state index in [1.54, 1.807) is 30.3 Å². The Labute approximate surface area is 152 Å². The van der Waals surface area contributed by atoms with Crippen LogP contribution in [0.3, 0.4) is 0 Å². The molecule has 0 bridgehead atoms. The van der Waals surface area contributed by atoms with Crippen LogP contribution < -0.4 is 0 Å². The minimum Gasteiger partial charge on any atom is -0.465 e. The molecule has 0 unspecified atom stereocenters. The van der Waals surface area contributed by atoms with E-state index in [1.165, 1.54) is 25.6 Å². The standard InChI is InChI=1S/C19H14N2O4S/c1-24-17(22)12-5-3-4-11(8-12)14-10-21-15-7-6-13(18(23)25-2)9-16(15)26-19(21)20-14/h3-10H,1-2H3. The smallest absolute Gasteiger partial charge is 0.337 e.